The van der Waals surface area contributed by atoms with Gasteiger partial charge in [-0.15, -0.1) is 0 Å². The van der Waals surface area contributed by atoms with E-state index < -0.39 is 24.3 Å². The number of halogens is 3. The van der Waals surface area contributed by atoms with Gasteiger partial charge in [-0.1, -0.05) is 20.8 Å². The first-order chi connectivity index (χ1) is 14.0. The van der Waals surface area contributed by atoms with Gasteiger partial charge in [-0.25, -0.2) is 9.07 Å². The van der Waals surface area contributed by atoms with Crippen molar-refractivity contribution < 1.29 is 27.8 Å². The summed E-state index contributed by atoms with van der Waals surface area (Å²) >= 11 is 0. The number of piperidine rings is 1. The Morgan fingerprint density at radius 2 is 2.07 bits per heavy atom. The molecule has 2 atom stereocenters. The number of carboxylic acids is 1. The Balaban J connectivity index is 1.80. The van der Waals surface area contributed by atoms with E-state index in [1.54, 1.807) is 12.4 Å². The molecule has 2 heterocycles. The molecule has 30 heavy (non-hydrogen) atoms. The second kappa shape index (κ2) is 8.67. The third-order valence-corrected chi connectivity index (χ3v) is 5.53. The molecule has 1 saturated heterocycles. The molecule has 1 aliphatic rings. The monoisotopic (exact) mass is 425 g/mol. The molecule has 1 aromatic heterocycles. The Morgan fingerprint density at radius 1 is 1.33 bits per heavy atom. The quantitative estimate of drug-likeness (QED) is 0.752. The summed E-state index contributed by atoms with van der Waals surface area (Å²) in [5, 5.41) is 13.7. The van der Waals surface area contributed by atoms with E-state index in [2.05, 4.69) is 35.5 Å². The fraction of sp³-hybridized carbons (Fsp3) is 0.524. The van der Waals surface area contributed by atoms with Crippen LogP contribution in [0.25, 0.3) is 5.69 Å². The Morgan fingerprint density at radius 3 is 2.70 bits per heavy atom. The molecule has 1 aromatic carbocycles. The number of carbonyl (C=O) groups is 1. The van der Waals surface area contributed by atoms with Crippen molar-refractivity contribution >= 4 is 5.97 Å². The Hall–Kier alpha value is -2.55. The molecule has 0 amide bonds. The van der Waals surface area contributed by atoms with Crippen LogP contribution in [0.2, 0.25) is 0 Å². The molecule has 0 aliphatic carbocycles. The number of rotatable bonds is 6. The molecule has 1 fully saturated rings. The predicted octanol–water partition coefficient (Wildman–Crippen LogP) is 4.18. The van der Waals surface area contributed by atoms with Crippen molar-refractivity contribution in [2.45, 2.75) is 40.3 Å². The van der Waals surface area contributed by atoms with Crippen molar-refractivity contribution in [2.75, 3.05) is 13.1 Å². The number of likely N-dealkylation sites (tertiary alicyclic amines) is 1. The minimum Gasteiger partial charge on any atom is -0.481 e. The molecule has 0 bridgehead atoms. The summed E-state index contributed by atoms with van der Waals surface area (Å²) in [5.74, 6) is -1.82. The van der Waals surface area contributed by atoms with Crippen LogP contribution < -0.4 is 4.74 Å². The highest BCUT2D eigenvalue weighted by Gasteiger charge is 2.37. The molecule has 1 N–H and O–H groups in total. The summed E-state index contributed by atoms with van der Waals surface area (Å²) in [6, 6.07) is 3.25. The zero-order chi connectivity index (χ0) is 22.1. The van der Waals surface area contributed by atoms with Crippen LogP contribution in [0.1, 0.15) is 32.8 Å². The van der Waals surface area contributed by atoms with E-state index in [1.807, 2.05) is 0 Å². The van der Waals surface area contributed by atoms with Gasteiger partial charge in [0.1, 0.15) is 11.5 Å². The lowest BCUT2D eigenvalue weighted by atomic mass is 9.73. The fourth-order valence-corrected chi connectivity index (χ4v) is 3.82. The van der Waals surface area contributed by atoms with Crippen molar-refractivity contribution in [1.82, 2.24) is 14.7 Å². The van der Waals surface area contributed by atoms with Gasteiger partial charge in [0, 0.05) is 37.5 Å². The van der Waals surface area contributed by atoms with E-state index in [0.29, 0.717) is 19.5 Å². The van der Waals surface area contributed by atoms with Crippen LogP contribution in [0.5, 0.6) is 5.75 Å². The zero-order valence-corrected chi connectivity index (χ0v) is 17.2. The third-order valence-electron chi connectivity index (χ3n) is 5.53. The third kappa shape index (κ3) is 5.33. The lowest BCUT2D eigenvalue weighted by molar-refractivity contribution is -0.145. The first-order valence-corrected chi connectivity index (χ1v) is 9.76. The number of carboxylic acid groups (broad SMARTS) is 1. The van der Waals surface area contributed by atoms with E-state index >= 15 is 0 Å². The number of alkyl halides is 2. The molecule has 3 rings (SSSR count). The number of hydrogen-bond donors (Lipinski definition) is 1. The normalized spacial score (nSPS) is 20.5. The Bertz CT molecular complexity index is 895. The van der Waals surface area contributed by atoms with Gasteiger partial charge in [-0.3, -0.25) is 9.69 Å². The molecule has 0 saturated carbocycles. The lowest BCUT2D eigenvalue weighted by Crippen LogP contribution is -2.46. The minimum absolute atomic E-state index is 0.0281. The average molecular weight is 425 g/mol. The van der Waals surface area contributed by atoms with Gasteiger partial charge in [-0.05, 0) is 29.9 Å². The van der Waals surface area contributed by atoms with Gasteiger partial charge in [0.2, 0.25) is 0 Å². The van der Waals surface area contributed by atoms with Crippen LogP contribution in [0, 0.1) is 23.1 Å². The maximum Gasteiger partial charge on any atom is 0.387 e. The number of ether oxygens (including phenoxy) is 1. The van der Waals surface area contributed by atoms with Gasteiger partial charge in [0.15, 0.2) is 5.75 Å². The van der Waals surface area contributed by atoms with E-state index in [4.69, 9.17) is 0 Å². The molecule has 0 radical (unpaired) electrons. The number of aliphatic carboxylic acids is 1. The van der Waals surface area contributed by atoms with Crippen molar-refractivity contribution in [3.63, 3.8) is 0 Å². The number of nitrogens with zero attached hydrogens (tertiary/aromatic N) is 3. The highest BCUT2D eigenvalue weighted by Crippen LogP contribution is 2.36. The summed E-state index contributed by atoms with van der Waals surface area (Å²) in [4.78, 5) is 13.7. The molecular formula is C21H26F3N3O3. The van der Waals surface area contributed by atoms with E-state index in [-0.39, 0.29) is 22.8 Å². The average Bonchev–Trinajstić information content (AvgIpc) is 3.10. The van der Waals surface area contributed by atoms with Gasteiger partial charge < -0.3 is 9.84 Å². The largest absolute Gasteiger partial charge is 0.481 e. The summed E-state index contributed by atoms with van der Waals surface area (Å²) in [7, 11) is 0. The second-order valence-corrected chi connectivity index (χ2v) is 8.81. The van der Waals surface area contributed by atoms with Crippen molar-refractivity contribution in [3.8, 4) is 11.4 Å². The Kier molecular flexibility index (Phi) is 6.40. The highest BCUT2D eigenvalue weighted by atomic mass is 19.3. The fourth-order valence-electron chi connectivity index (χ4n) is 3.82. The van der Waals surface area contributed by atoms with Crippen molar-refractivity contribution in [3.05, 3.63) is 42.0 Å². The summed E-state index contributed by atoms with van der Waals surface area (Å²) in [6.07, 6.45) is 3.81. The molecule has 0 spiro atoms. The van der Waals surface area contributed by atoms with Crippen LogP contribution in [0.15, 0.2) is 30.6 Å². The van der Waals surface area contributed by atoms with Gasteiger partial charge >= 0.3 is 12.6 Å². The molecular weight excluding hydrogens is 399 g/mol. The van der Waals surface area contributed by atoms with Crippen molar-refractivity contribution in [2.24, 2.45) is 17.3 Å². The van der Waals surface area contributed by atoms with Gasteiger partial charge in [0.05, 0.1) is 12.1 Å². The van der Waals surface area contributed by atoms with E-state index in [0.717, 1.165) is 30.3 Å². The number of aromatic nitrogens is 2. The topological polar surface area (TPSA) is 67.6 Å². The molecule has 164 valence electrons. The molecule has 6 nitrogen and oxygen atoms in total. The van der Waals surface area contributed by atoms with Crippen LogP contribution in [0.3, 0.4) is 0 Å². The predicted molar refractivity (Wildman–Crippen MR) is 104 cm³/mol. The maximum atomic E-state index is 13.7. The summed E-state index contributed by atoms with van der Waals surface area (Å²) in [5.41, 5.74) is 0.803. The number of benzene rings is 1. The van der Waals surface area contributed by atoms with Gasteiger partial charge in [-0.2, -0.15) is 13.9 Å². The van der Waals surface area contributed by atoms with Crippen LogP contribution >= 0.6 is 0 Å². The summed E-state index contributed by atoms with van der Waals surface area (Å²) < 4.78 is 44.8. The SMILES string of the molecule is CC(C)(C)[C@@H]1C[C@@H](C(=O)O)CN(Cc2cnn(-c3cc(F)ccc3OC(F)F)c2)C1. The first kappa shape index (κ1) is 22.1. The van der Waals surface area contributed by atoms with E-state index in [9.17, 15) is 23.1 Å². The summed E-state index contributed by atoms with van der Waals surface area (Å²) in [6.45, 7) is 4.90. The van der Waals surface area contributed by atoms with Crippen LogP contribution in [-0.2, 0) is 11.3 Å². The molecule has 2 aromatic rings. The van der Waals surface area contributed by atoms with Crippen LogP contribution in [0.4, 0.5) is 13.2 Å². The smallest absolute Gasteiger partial charge is 0.387 e. The first-order valence-electron chi connectivity index (χ1n) is 9.76. The minimum atomic E-state index is -3.04. The van der Waals surface area contributed by atoms with Crippen molar-refractivity contribution in [1.29, 1.82) is 0 Å². The van der Waals surface area contributed by atoms with Crippen LogP contribution in [-0.4, -0.2) is 45.5 Å². The second-order valence-electron chi connectivity index (χ2n) is 8.81. The van der Waals surface area contributed by atoms with E-state index in [1.165, 1.54) is 4.68 Å². The standard InChI is InChI=1S/C21H26F3N3O3/c1-21(2,3)15-6-14(19(28)29)11-26(12-15)9-13-8-25-27(10-13)17-7-16(22)4-5-18(17)30-20(23)24/h4-5,7-8,10,14-15,20H,6,9,11-12H2,1-3H3,(H,28,29)/t14-,15-/m1/s1. The zero-order valence-electron chi connectivity index (χ0n) is 17.2. The molecule has 0 unspecified atom stereocenters. The van der Waals surface area contributed by atoms with Gasteiger partial charge in [0.25, 0.3) is 0 Å². The maximum absolute atomic E-state index is 13.7. The highest BCUT2D eigenvalue weighted by molar-refractivity contribution is 5.70. The Labute approximate surface area is 173 Å². The lowest BCUT2D eigenvalue weighted by Gasteiger charge is -2.42. The molecule has 9 heteroatoms. The number of hydrogen-bond acceptors (Lipinski definition) is 4. The molecule has 1 aliphatic heterocycles.